The van der Waals surface area contributed by atoms with Gasteiger partial charge in [-0.1, -0.05) is 0 Å². The first-order valence-electron chi connectivity index (χ1n) is 6.36. The monoisotopic (exact) mass is 234 g/mol. The molecule has 2 heterocycles. The highest BCUT2D eigenvalue weighted by molar-refractivity contribution is 5.49. The van der Waals surface area contributed by atoms with E-state index in [2.05, 4.69) is 23.8 Å². The van der Waals surface area contributed by atoms with Gasteiger partial charge in [0.05, 0.1) is 0 Å². The molecule has 0 spiro atoms. The summed E-state index contributed by atoms with van der Waals surface area (Å²) in [5, 5.41) is 0. The fourth-order valence-electron chi connectivity index (χ4n) is 3.48. The molecule has 3 rings (SSSR count). The van der Waals surface area contributed by atoms with Crippen molar-refractivity contribution in [3.63, 3.8) is 0 Å². The van der Waals surface area contributed by atoms with E-state index in [4.69, 9.17) is 0 Å². The smallest absolute Gasteiger partial charge is 0.123 e. The zero-order valence-corrected chi connectivity index (χ0v) is 10.4. The Kier molecular flexibility index (Phi) is 2.58. The molecule has 3 atom stereocenters. The lowest BCUT2D eigenvalue weighted by molar-refractivity contribution is 0.374. The van der Waals surface area contributed by atoms with E-state index in [1.54, 1.807) is 12.1 Å². The molecular weight excluding hydrogens is 215 g/mol. The summed E-state index contributed by atoms with van der Waals surface area (Å²) in [7, 11) is 2.20. The molecule has 1 aromatic carbocycles. The minimum Gasteiger partial charge on any atom is -0.368 e. The number of nitrogens with zero attached hydrogens (tertiary/aromatic N) is 2. The molecule has 3 heteroatoms. The number of likely N-dealkylation sites (tertiary alicyclic amines) is 1. The third-order valence-electron chi connectivity index (χ3n) is 4.37. The zero-order valence-electron chi connectivity index (χ0n) is 10.4. The van der Waals surface area contributed by atoms with Crippen molar-refractivity contribution in [2.75, 3.05) is 31.6 Å². The molecule has 0 unspecified atom stereocenters. The van der Waals surface area contributed by atoms with E-state index in [1.165, 1.54) is 13.1 Å². The number of halogens is 1. The Balaban J connectivity index is 1.81. The summed E-state index contributed by atoms with van der Waals surface area (Å²) in [6, 6.07) is 7.48. The molecule has 2 nitrogen and oxygen atoms in total. The van der Waals surface area contributed by atoms with Crippen LogP contribution >= 0.6 is 0 Å². The highest BCUT2D eigenvalue weighted by Crippen LogP contribution is 2.37. The van der Waals surface area contributed by atoms with Gasteiger partial charge in [-0.3, -0.25) is 0 Å². The van der Waals surface area contributed by atoms with Gasteiger partial charge in [0.2, 0.25) is 0 Å². The lowest BCUT2D eigenvalue weighted by Gasteiger charge is -2.27. The zero-order chi connectivity index (χ0) is 12.0. The van der Waals surface area contributed by atoms with E-state index in [9.17, 15) is 4.39 Å². The Morgan fingerprint density at radius 1 is 1.12 bits per heavy atom. The number of hydrogen-bond acceptors (Lipinski definition) is 2. The predicted octanol–water partition coefficient (Wildman–Crippen LogP) is 2.21. The standard InChI is InChI=1S/C14H19FN2/c1-10-14-9-16(2)7-11(14)8-17(10)13-5-3-12(15)4-6-13/h3-6,10-11,14H,7-9H2,1-2H3/t10-,11+,14-/m1/s1. The van der Waals surface area contributed by atoms with Crippen molar-refractivity contribution in [1.82, 2.24) is 4.90 Å². The van der Waals surface area contributed by atoms with Gasteiger partial charge in [0, 0.05) is 31.4 Å². The number of hydrogen-bond donors (Lipinski definition) is 0. The summed E-state index contributed by atoms with van der Waals surface area (Å²) in [5.74, 6) is 1.39. The maximum absolute atomic E-state index is 12.9. The Morgan fingerprint density at radius 2 is 1.82 bits per heavy atom. The summed E-state index contributed by atoms with van der Waals surface area (Å²) >= 11 is 0. The van der Waals surface area contributed by atoms with Crippen LogP contribution in [0, 0.1) is 17.7 Å². The molecule has 0 N–H and O–H groups in total. The summed E-state index contributed by atoms with van der Waals surface area (Å²) in [6.45, 7) is 5.81. The highest BCUT2D eigenvalue weighted by Gasteiger charge is 2.43. The van der Waals surface area contributed by atoms with E-state index in [0.717, 1.165) is 24.1 Å². The van der Waals surface area contributed by atoms with Gasteiger partial charge >= 0.3 is 0 Å². The van der Waals surface area contributed by atoms with Gasteiger partial charge in [0.1, 0.15) is 5.82 Å². The van der Waals surface area contributed by atoms with Gasteiger partial charge in [-0.25, -0.2) is 4.39 Å². The molecule has 1 aromatic rings. The Labute approximate surface area is 102 Å². The first kappa shape index (κ1) is 11.0. The average molecular weight is 234 g/mol. The normalized spacial score (nSPS) is 33.1. The predicted molar refractivity (Wildman–Crippen MR) is 67.7 cm³/mol. The van der Waals surface area contributed by atoms with E-state index in [1.807, 2.05) is 12.1 Å². The second kappa shape index (κ2) is 3.98. The van der Waals surface area contributed by atoms with E-state index in [0.29, 0.717) is 6.04 Å². The van der Waals surface area contributed by atoms with Gasteiger partial charge in [0.25, 0.3) is 0 Å². The number of fused-ring (bicyclic) bond motifs is 1. The van der Waals surface area contributed by atoms with Gasteiger partial charge in [0.15, 0.2) is 0 Å². The Hall–Kier alpha value is -1.09. The lowest BCUT2D eigenvalue weighted by Crippen LogP contribution is -2.33. The summed E-state index contributed by atoms with van der Waals surface area (Å²) < 4.78 is 12.9. The van der Waals surface area contributed by atoms with Crippen LogP contribution in [0.2, 0.25) is 0 Å². The first-order chi connectivity index (χ1) is 8.15. The summed E-state index contributed by atoms with van der Waals surface area (Å²) in [4.78, 5) is 4.86. The second-order valence-corrected chi connectivity index (χ2v) is 5.51. The molecule has 0 radical (unpaired) electrons. The molecular formula is C14H19FN2. The highest BCUT2D eigenvalue weighted by atomic mass is 19.1. The number of benzene rings is 1. The minimum atomic E-state index is -0.152. The van der Waals surface area contributed by atoms with Crippen LogP contribution in [0.25, 0.3) is 0 Å². The van der Waals surface area contributed by atoms with Crippen molar-refractivity contribution < 1.29 is 4.39 Å². The van der Waals surface area contributed by atoms with E-state index in [-0.39, 0.29) is 5.82 Å². The van der Waals surface area contributed by atoms with Gasteiger partial charge in [-0.05, 0) is 50.1 Å². The van der Waals surface area contributed by atoms with Crippen LogP contribution in [-0.2, 0) is 0 Å². The SMILES string of the molecule is C[C@@H]1[C@H]2CN(C)C[C@H]2CN1c1ccc(F)cc1. The number of anilines is 1. The van der Waals surface area contributed by atoms with Crippen LogP contribution in [0.3, 0.4) is 0 Å². The fourth-order valence-corrected chi connectivity index (χ4v) is 3.48. The molecule has 2 saturated heterocycles. The molecule has 2 fully saturated rings. The van der Waals surface area contributed by atoms with Crippen LogP contribution < -0.4 is 4.90 Å². The third-order valence-corrected chi connectivity index (χ3v) is 4.37. The van der Waals surface area contributed by atoms with Gasteiger partial charge < -0.3 is 9.80 Å². The van der Waals surface area contributed by atoms with Crippen molar-refractivity contribution in [1.29, 1.82) is 0 Å². The van der Waals surface area contributed by atoms with E-state index < -0.39 is 0 Å². The summed E-state index contributed by atoms with van der Waals surface area (Å²) in [5.41, 5.74) is 1.16. The van der Waals surface area contributed by atoms with Gasteiger partial charge in [-0.2, -0.15) is 0 Å². The van der Waals surface area contributed by atoms with Crippen molar-refractivity contribution in [2.24, 2.45) is 11.8 Å². The van der Waals surface area contributed by atoms with Crippen LogP contribution in [0.5, 0.6) is 0 Å². The third kappa shape index (κ3) is 1.82. The van der Waals surface area contributed by atoms with Crippen LogP contribution in [0.4, 0.5) is 10.1 Å². The maximum Gasteiger partial charge on any atom is 0.123 e. The largest absolute Gasteiger partial charge is 0.368 e. The molecule has 0 aliphatic carbocycles. The molecule has 0 amide bonds. The number of rotatable bonds is 1. The second-order valence-electron chi connectivity index (χ2n) is 5.51. The first-order valence-corrected chi connectivity index (χ1v) is 6.36. The Morgan fingerprint density at radius 3 is 2.47 bits per heavy atom. The summed E-state index contributed by atoms with van der Waals surface area (Å²) in [6.07, 6.45) is 0. The molecule has 92 valence electrons. The van der Waals surface area contributed by atoms with E-state index >= 15 is 0 Å². The van der Waals surface area contributed by atoms with Crippen LogP contribution in [0.1, 0.15) is 6.92 Å². The lowest BCUT2D eigenvalue weighted by atomic mass is 9.95. The van der Waals surface area contributed by atoms with Crippen molar-refractivity contribution in [3.8, 4) is 0 Å². The molecule has 0 bridgehead atoms. The molecule has 17 heavy (non-hydrogen) atoms. The van der Waals surface area contributed by atoms with Crippen molar-refractivity contribution >= 4 is 5.69 Å². The quantitative estimate of drug-likeness (QED) is 0.735. The van der Waals surface area contributed by atoms with Crippen LogP contribution in [0.15, 0.2) is 24.3 Å². The molecule has 0 saturated carbocycles. The van der Waals surface area contributed by atoms with Crippen LogP contribution in [-0.4, -0.2) is 37.6 Å². The van der Waals surface area contributed by atoms with Crippen molar-refractivity contribution in [2.45, 2.75) is 13.0 Å². The maximum atomic E-state index is 12.9. The average Bonchev–Trinajstić information content (AvgIpc) is 2.79. The van der Waals surface area contributed by atoms with Crippen molar-refractivity contribution in [3.05, 3.63) is 30.1 Å². The Bertz CT molecular complexity index is 403. The fraction of sp³-hybridized carbons (Fsp3) is 0.571. The van der Waals surface area contributed by atoms with Gasteiger partial charge in [-0.15, -0.1) is 0 Å². The topological polar surface area (TPSA) is 6.48 Å². The molecule has 2 aliphatic heterocycles. The molecule has 0 aromatic heterocycles. The minimum absolute atomic E-state index is 0.152. The molecule has 2 aliphatic rings.